The highest BCUT2D eigenvalue weighted by molar-refractivity contribution is 7.99. The van der Waals surface area contributed by atoms with Crippen LogP contribution in [0.2, 0.25) is 10.0 Å². The number of carbonyl (C=O) groups excluding carboxylic acids is 1. The first-order chi connectivity index (χ1) is 8.16. The minimum Gasteiger partial charge on any atom is -0.306 e. The van der Waals surface area contributed by atoms with Gasteiger partial charge < -0.3 is 5.32 Å². The van der Waals surface area contributed by atoms with Gasteiger partial charge in [-0.25, -0.2) is 0 Å². The van der Waals surface area contributed by atoms with Gasteiger partial charge in [-0.05, 0) is 17.7 Å². The van der Waals surface area contributed by atoms with Gasteiger partial charge in [-0.1, -0.05) is 29.3 Å². The molecule has 0 bridgehead atoms. The van der Waals surface area contributed by atoms with Crippen LogP contribution in [0.1, 0.15) is 5.56 Å². The number of hydrogen-bond donors (Lipinski definition) is 1. The molecule has 1 saturated heterocycles. The first kappa shape index (κ1) is 13.2. The first-order valence-corrected chi connectivity index (χ1v) is 7.35. The lowest BCUT2D eigenvalue weighted by Gasteiger charge is -2.22. The zero-order valence-electron chi connectivity index (χ0n) is 9.21. The van der Waals surface area contributed by atoms with E-state index in [0.29, 0.717) is 16.5 Å². The molecule has 1 aliphatic rings. The van der Waals surface area contributed by atoms with Crippen molar-refractivity contribution < 1.29 is 4.79 Å². The SMILES string of the molecule is O=C(Cc1ccc(Cl)cc1Cl)C1CSCCN1. The zero-order valence-corrected chi connectivity index (χ0v) is 11.5. The number of ketones is 1. The minimum atomic E-state index is -0.0412. The Morgan fingerprint density at radius 2 is 2.29 bits per heavy atom. The molecule has 0 amide bonds. The Hall–Kier alpha value is -0.220. The predicted molar refractivity (Wildman–Crippen MR) is 74.3 cm³/mol. The molecular weight excluding hydrogens is 277 g/mol. The van der Waals surface area contributed by atoms with Crippen LogP contribution < -0.4 is 5.32 Å². The Balaban J connectivity index is 2.02. The summed E-state index contributed by atoms with van der Waals surface area (Å²) in [7, 11) is 0. The second-order valence-corrected chi connectivity index (χ2v) is 5.95. The van der Waals surface area contributed by atoms with Crippen molar-refractivity contribution in [1.82, 2.24) is 5.32 Å². The van der Waals surface area contributed by atoms with Crippen molar-refractivity contribution in [3.8, 4) is 0 Å². The van der Waals surface area contributed by atoms with E-state index in [1.165, 1.54) is 0 Å². The molecule has 92 valence electrons. The number of nitrogens with one attached hydrogen (secondary N) is 1. The fraction of sp³-hybridized carbons (Fsp3) is 0.417. The second-order valence-electron chi connectivity index (χ2n) is 3.96. The Labute approximate surface area is 115 Å². The van der Waals surface area contributed by atoms with Gasteiger partial charge in [-0.2, -0.15) is 11.8 Å². The summed E-state index contributed by atoms with van der Waals surface area (Å²) in [5.74, 6) is 2.12. The summed E-state index contributed by atoms with van der Waals surface area (Å²) in [5, 5.41) is 4.39. The molecule has 1 aliphatic heterocycles. The monoisotopic (exact) mass is 289 g/mol. The maximum Gasteiger partial charge on any atom is 0.154 e. The van der Waals surface area contributed by atoms with Gasteiger partial charge in [0.05, 0.1) is 6.04 Å². The third-order valence-electron chi connectivity index (χ3n) is 2.69. The number of thioether (sulfide) groups is 1. The maximum atomic E-state index is 12.0. The number of halogens is 2. The number of Topliss-reactive ketones (excluding diaryl/α,β-unsaturated/α-hetero) is 1. The molecular formula is C12H13Cl2NOS. The van der Waals surface area contributed by atoms with Crippen LogP contribution in [-0.2, 0) is 11.2 Å². The fourth-order valence-corrected chi connectivity index (χ4v) is 3.19. The summed E-state index contributed by atoms with van der Waals surface area (Å²) >= 11 is 13.7. The lowest BCUT2D eigenvalue weighted by Crippen LogP contribution is -2.44. The van der Waals surface area contributed by atoms with E-state index in [-0.39, 0.29) is 11.8 Å². The molecule has 1 N–H and O–H groups in total. The topological polar surface area (TPSA) is 29.1 Å². The summed E-state index contributed by atoms with van der Waals surface area (Å²) in [4.78, 5) is 12.0. The molecule has 1 fully saturated rings. The molecule has 1 unspecified atom stereocenters. The standard InChI is InChI=1S/C12H13Cl2NOS/c13-9-2-1-8(10(14)6-9)5-12(16)11-7-17-4-3-15-11/h1-2,6,11,15H,3-5,7H2. The number of benzene rings is 1. The van der Waals surface area contributed by atoms with Crippen LogP contribution in [-0.4, -0.2) is 29.9 Å². The van der Waals surface area contributed by atoms with Crippen molar-refractivity contribution in [3.63, 3.8) is 0 Å². The molecule has 0 spiro atoms. The maximum absolute atomic E-state index is 12.0. The number of hydrogen-bond acceptors (Lipinski definition) is 3. The quantitative estimate of drug-likeness (QED) is 0.928. The third kappa shape index (κ3) is 3.62. The summed E-state index contributed by atoms with van der Waals surface area (Å²) in [5.41, 5.74) is 0.846. The van der Waals surface area contributed by atoms with Crippen LogP contribution in [0, 0.1) is 0 Å². The van der Waals surface area contributed by atoms with Gasteiger partial charge in [-0.15, -0.1) is 0 Å². The van der Waals surface area contributed by atoms with Gasteiger partial charge >= 0.3 is 0 Å². The highest BCUT2D eigenvalue weighted by Crippen LogP contribution is 2.22. The molecule has 0 aliphatic carbocycles. The van der Waals surface area contributed by atoms with Crippen molar-refractivity contribution in [1.29, 1.82) is 0 Å². The van der Waals surface area contributed by atoms with E-state index < -0.39 is 0 Å². The smallest absolute Gasteiger partial charge is 0.154 e. The van der Waals surface area contributed by atoms with Gasteiger partial charge in [0, 0.05) is 34.5 Å². The molecule has 1 heterocycles. The average Bonchev–Trinajstić information content (AvgIpc) is 2.34. The van der Waals surface area contributed by atoms with E-state index in [0.717, 1.165) is 23.6 Å². The largest absolute Gasteiger partial charge is 0.306 e. The van der Waals surface area contributed by atoms with Gasteiger partial charge in [0.25, 0.3) is 0 Å². The third-order valence-corrected chi connectivity index (χ3v) is 4.34. The fourth-order valence-electron chi connectivity index (χ4n) is 1.75. The molecule has 0 radical (unpaired) electrons. The van der Waals surface area contributed by atoms with Crippen LogP contribution in [0.5, 0.6) is 0 Å². The Bertz CT molecular complexity index is 419. The Morgan fingerprint density at radius 1 is 1.47 bits per heavy atom. The molecule has 17 heavy (non-hydrogen) atoms. The van der Waals surface area contributed by atoms with Crippen molar-refractivity contribution in [2.24, 2.45) is 0 Å². The first-order valence-electron chi connectivity index (χ1n) is 5.44. The molecule has 1 aromatic rings. The molecule has 1 atom stereocenters. The number of carbonyl (C=O) groups is 1. The molecule has 2 nitrogen and oxygen atoms in total. The summed E-state index contributed by atoms with van der Waals surface area (Å²) in [6.07, 6.45) is 0.369. The Kier molecular flexibility index (Phi) is 4.74. The van der Waals surface area contributed by atoms with Crippen molar-refractivity contribution in [3.05, 3.63) is 33.8 Å². The molecule has 1 aromatic carbocycles. The van der Waals surface area contributed by atoms with Crippen molar-refractivity contribution in [2.45, 2.75) is 12.5 Å². The van der Waals surface area contributed by atoms with Crippen molar-refractivity contribution in [2.75, 3.05) is 18.1 Å². The summed E-state index contributed by atoms with van der Waals surface area (Å²) < 4.78 is 0. The predicted octanol–water partition coefficient (Wildman–Crippen LogP) is 2.81. The Morgan fingerprint density at radius 3 is 2.94 bits per heavy atom. The van der Waals surface area contributed by atoms with E-state index in [4.69, 9.17) is 23.2 Å². The molecule has 5 heteroatoms. The van der Waals surface area contributed by atoms with Crippen LogP contribution >= 0.6 is 35.0 Å². The highest BCUT2D eigenvalue weighted by atomic mass is 35.5. The van der Waals surface area contributed by atoms with E-state index >= 15 is 0 Å². The molecule has 2 rings (SSSR count). The second kappa shape index (κ2) is 6.10. The van der Waals surface area contributed by atoms with Crippen LogP contribution in [0.25, 0.3) is 0 Å². The van der Waals surface area contributed by atoms with E-state index in [1.807, 2.05) is 17.8 Å². The van der Waals surface area contributed by atoms with E-state index in [9.17, 15) is 4.79 Å². The lowest BCUT2D eigenvalue weighted by molar-refractivity contribution is -0.119. The highest BCUT2D eigenvalue weighted by Gasteiger charge is 2.21. The van der Waals surface area contributed by atoms with Gasteiger partial charge in [0.2, 0.25) is 0 Å². The van der Waals surface area contributed by atoms with Crippen LogP contribution in [0.15, 0.2) is 18.2 Å². The normalized spacial score (nSPS) is 20.2. The van der Waals surface area contributed by atoms with Crippen molar-refractivity contribution >= 4 is 40.7 Å². The zero-order chi connectivity index (χ0) is 12.3. The van der Waals surface area contributed by atoms with Gasteiger partial charge in [-0.3, -0.25) is 4.79 Å². The van der Waals surface area contributed by atoms with Gasteiger partial charge in [0.1, 0.15) is 0 Å². The van der Waals surface area contributed by atoms with Gasteiger partial charge in [0.15, 0.2) is 5.78 Å². The van der Waals surface area contributed by atoms with Crippen LogP contribution in [0.3, 0.4) is 0 Å². The minimum absolute atomic E-state index is 0.0412. The average molecular weight is 290 g/mol. The van der Waals surface area contributed by atoms with E-state index in [2.05, 4.69) is 5.32 Å². The molecule has 0 saturated carbocycles. The molecule has 0 aromatic heterocycles. The summed E-state index contributed by atoms with van der Waals surface area (Å²) in [6, 6.07) is 5.22. The lowest BCUT2D eigenvalue weighted by atomic mass is 10.0. The number of rotatable bonds is 3. The summed E-state index contributed by atoms with van der Waals surface area (Å²) in [6.45, 7) is 0.898. The van der Waals surface area contributed by atoms with E-state index in [1.54, 1.807) is 12.1 Å². The van der Waals surface area contributed by atoms with Crippen LogP contribution in [0.4, 0.5) is 0 Å².